The van der Waals surface area contributed by atoms with Gasteiger partial charge in [-0.15, -0.1) is 0 Å². The van der Waals surface area contributed by atoms with Crippen molar-refractivity contribution in [2.45, 2.75) is 31.9 Å². The van der Waals surface area contributed by atoms with Crippen LogP contribution in [0.15, 0.2) is 24.3 Å². The van der Waals surface area contributed by atoms with Crippen LogP contribution in [0.4, 0.5) is 0 Å². The van der Waals surface area contributed by atoms with Crippen molar-refractivity contribution >= 4 is 0 Å². The van der Waals surface area contributed by atoms with Crippen LogP contribution in [0.1, 0.15) is 37.5 Å². The summed E-state index contributed by atoms with van der Waals surface area (Å²) >= 11 is 0. The number of fused-ring (bicyclic) bond motifs is 1. The Bertz CT molecular complexity index is 337. The monoisotopic (exact) mass is 191 g/mol. The maximum atomic E-state index is 9.90. The first-order chi connectivity index (χ1) is 6.67. The number of aliphatic hydroxyl groups excluding tert-OH is 1. The molecule has 1 aromatic carbocycles. The molecule has 2 atom stereocenters. The van der Waals surface area contributed by atoms with Crippen molar-refractivity contribution in [3.63, 3.8) is 0 Å². The van der Waals surface area contributed by atoms with Crippen LogP contribution in [0.3, 0.4) is 0 Å². The number of aliphatic hydroxyl groups is 1. The molecule has 0 saturated heterocycles. The first-order valence-corrected chi connectivity index (χ1v) is 5.20. The summed E-state index contributed by atoms with van der Waals surface area (Å²) in [6.45, 7) is 5.18. The quantitative estimate of drug-likeness (QED) is 0.749. The molecule has 2 rings (SSSR count). The highest BCUT2D eigenvalue weighted by Crippen LogP contribution is 2.42. The smallest absolute Gasteiger partial charge is 0.0814 e. The van der Waals surface area contributed by atoms with Crippen LogP contribution in [0, 0.1) is 0 Å². The van der Waals surface area contributed by atoms with E-state index in [-0.39, 0.29) is 11.6 Å². The lowest BCUT2D eigenvalue weighted by atomic mass is 9.94. The van der Waals surface area contributed by atoms with E-state index in [0.717, 1.165) is 18.5 Å². The molecule has 0 spiro atoms. The van der Waals surface area contributed by atoms with Crippen LogP contribution in [0.25, 0.3) is 0 Å². The molecule has 1 aromatic rings. The van der Waals surface area contributed by atoms with E-state index < -0.39 is 0 Å². The fraction of sp³-hybridized carbons (Fsp3) is 0.500. The summed E-state index contributed by atoms with van der Waals surface area (Å²) in [6, 6.07) is 8.14. The highest BCUT2D eigenvalue weighted by Gasteiger charge is 2.38. The standard InChI is InChI=1S/C12H17NO/c1-3-13-12(2)8-11(14)9-6-4-5-7-10(9)12/h4-7,11,13-14H,3,8H2,1-2H3. The summed E-state index contributed by atoms with van der Waals surface area (Å²) in [7, 11) is 0. The molecule has 2 unspecified atom stereocenters. The molecule has 0 heterocycles. The summed E-state index contributed by atoms with van der Waals surface area (Å²) in [5, 5.41) is 13.4. The number of hydrogen-bond donors (Lipinski definition) is 2. The second-order valence-corrected chi connectivity index (χ2v) is 4.17. The fourth-order valence-corrected chi connectivity index (χ4v) is 2.45. The lowest BCUT2D eigenvalue weighted by molar-refractivity contribution is 0.149. The van der Waals surface area contributed by atoms with E-state index in [0.29, 0.717) is 0 Å². The molecule has 0 radical (unpaired) electrons. The molecule has 0 fully saturated rings. The van der Waals surface area contributed by atoms with Crippen molar-refractivity contribution in [3.8, 4) is 0 Å². The zero-order valence-electron chi connectivity index (χ0n) is 8.75. The van der Waals surface area contributed by atoms with Crippen molar-refractivity contribution in [2.24, 2.45) is 0 Å². The number of nitrogens with one attached hydrogen (secondary N) is 1. The molecule has 0 aliphatic heterocycles. The van der Waals surface area contributed by atoms with Crippen molar-refractivity contribution in [1.29, 1.82) is 0 Å². The topological polar surface area (TPSA) is 32.3 Å². The minimum atomic E-state index is -0.310. The van der Waals surface area contributed by atoms with Crippen molar-refractivity contribution in [1.82, 2.24) is 5.32 Å². The first kappa shape index (κ1) is 9.69. The average molecular weight is 191 g/mol. The third-order valence-electron chi connectivity index (χ3n) is 3.08. The van der Waals surface area contributed by atoms with Crippen molar-refractivity contribution in [2.75, 3.05) is 6.54 Å². The summed E-state index contributed by atoms with van der Waals surface area (Å²) in [5.41, 5.74) is 2.27. The molecule has 2 heteroatoms. The molecule has 0 aromatic heterocycles. The lowest BCUT2D eigenvalue weighted by Crippen LogP contribution is -2.37. The van der Waals surface area contributed by atoms with Crippen LogP contribution in [-0.2, 0) is 5.54 Å². The Morgan fingerprint density at radius 1 is 1.50 bits per heavy atom. The van der Waals surface area contributed by atoms with Gasteiger partial charge >= 0.3 is 0 Å². The SMILES string of the molecule is CCNC1(C)CC(O)c2ccccc21. The van der Waals surface area contributed by atoms with E-state index in [9.17, 15) is 5.11 Å². The van der Waals surface area contributed by atoms with Gasteiger partial charge in [0.15, 0.2) is 0 Å². The van der Waals surface area contributed by atoms with Gasteiger partial charge in [0, 0.05) is 5.54 Å². The summed E-state index contributed by atoms with van der Waals surface area (Å²) < 4.78 is 0. The molecule has 1 aliphatic carbocycles. The van der Waals surface area contributed by atoms with Gasteiger partial charge in [-0.25, -0.2) is 0 Å². The summed E-state index contributed by atoms with van der Waals surface area (Å²) in [6.07, 6.45) is 0.468. The van der Waals surface area contributed by atoms with E-state index in [1.54, 1.807) is 0 Å². The van der Waals surface area contributed by atoms with Gasteiger partial charge in [-0.2, -0.15) is 0 Å². The van der Waals surface area contributed by atoms with Gasteiger partial charge in [0.25, 0.3) is 0 Å². The zero-order chi connectivity index (χ0) is 10.2. The predicted molar refractivity (Wildman–Crippen MR) is 57.0 cm³/mol. The van der Waals surface area contributed by atoms with Gasteiger partial charge in [0.1, 0.15) is 0 Å². The van der Waals surface area contributed by atoms with Crippen LogP contribution >= 0.6 is 0 Å². The molecule has 2 N–H and O–H groups in total. The van der Waals surface area contributed by atoms with Crippen molar-refractivity contribution in [3.05, 3.63) is 35.4 Å². The minimum Gasteiger partial charge on any atom is -0.388 e. The zero-order valence-corrected chi connectivity index (χ0v) is 8.75. The van der Waals surface area contributed by atoms with E-state index in [1.165, 1.54) is 5.56 Å². The molecule has 0 amide bonds. The van der Waals surface area contributed by atoms with Crippen LogP contribution in [-0.4, -0.2) is 11.7 Å². The fourth-order valence-electron chi connectivity index (χ4n) is 2.45. The Balaban J connectivity index is 2.43. The van der Waals surface area contributed by atoms with E-state index in [2.05, 4.69) is 25.2 Å². The van der Waals surface area contributed by atoms with Crippen LogP contribution < -0.4 is 5.32 Å². The molecule has 14 heavy (non-hydrogen) atoms. The van der Waals surface area contributed by atoms with E-state index in [1.807, 2.05) is 18.2 Å². The Labute approximate surface area is 85.0 Å². The highest BCUT2D eigenvalue weighted by atomic mass is 16.3. The van der Waals surface area contributed by atoms with Crippen LogP contribution in [0.5, 0.6) is 0 Å². The molecule has 76 valence electrons. The molecule has 2 nitrogen and oxygen atoms in total. The lowest BCUT2D eigenvalue weighted by Gasteiger charge is -2.26. The maximum absolute atomic E-state index is 9.90. The Morgan fingerprint density at radius 2 is 2.21 bits per heavy atom. The predicted octanol–water partition coefficient (Wildman–Crippen LogP) is 1.95. The van der Waals surface area contributed by atoms with Gasteiger partial charge in [-0.3, -0.25) is 0 Å². The third-order valence-corrected chi connectivity index (χ3v) is 3.08. The Morgan fingerprint density at radius 3 is 2.93 bits per heavy atom. The molecule has 1 aliphatic rings. The Hall–Kier alpha value is -0.860. The Kier molecular flexibility index (Phi) is 2.33. The minimum absolute atomic E-state index is 0.0508. The molecule has 0 saturated carbocycles. The second-order valence-electron chi connectivity index (χ2n) is 4.17. The number of rotatable bonds is 2. The molecular weight excluding hydrogens is 174 g/mol. The van der Waals surface area contributed by atoms with E-state index in [4.69, 9.17) is 0 Å². The molecule has 0 bridgehead atoms. The maximum Gasteiger partial charge on any atom is 0.0814 e. The van der Waals surface area contributed by atoms with Gasteiger partial charge in [0.05, 0.1) is 6.10 Å². The normalized spacial score (nSPS) is 30.4. The largest absolute Gasteiger partial charge is 0.388 e. The van der Waals surface area contributed by atoms with Gasteiger partial charge in [-0.05, 0) is 31.0 Å². The first-order valence-electron chi connectivity index (χ1n) is 5.20. The number of benzene rings is 1. The van der Waals surface area contributed by atoms with Crippen LogP contribution in [0.2, 0.25) is 0 Å². The summed E-state index contributed by atoms with van der Waals surface area (Å²) in [4.78, 5) is 0. The van der Waals surface area contributed by atoms with Gasteiger partial charge in [-0.1, -0.05) is 31.2 Å². The number of hydrogen-bond acceptors (Lipinski definition) is 2. The summed E-state index contributed by atoms with van der Waals surface area (Å²) in [5.74, 6) is 0. The second kappa shape index (κ2) is 3.37. The average Bonchev–Trinajstić information content (AvgIpc) is 2.41. The molecular formula is C12H17NO. The van der Waals surface area contributed by atoms with E-state index >= 15 is 0 Å². The van der Waals surface area contributed by atoms with Crippen molar-refractivity contribution < 1.29 is 5.11 Å². The highest BCUT2D eigenvalue weighted by molar-refractivity contribution is 5.39. The third kappa shape index (κ3) is 1.35. The van der Waals surface area contributed by atoms with Gasteiger partial charge < -0.3 is 10.4 Å². The van der Waals surface area contributed by atoms with Gasteiger partial charge in [0.2, 0.25) is 0 Å².